The zero-order valence-corrected chi connectivity index (χ0v) is 7.19. The van der Waals surface area contributed by atoms with E-state index in [9.17, 15) is 8.76 Å². The van der Waals surface area contributed by atoms with Crippen LogP contribution in [0.5, 0.6) is 0 Å². The summed E-state index contributed by atoms with van der Waals surface area (Å²) >= 11 is -2.10. The Morgan fingerprint density at radius 1 is 1.50 bits per heavy atom. The van der Waals surface area contributed by atoms with Gasteiger partial charge in [-0.05, 0) is 29.8 Å². The molecule has 0 fully saturated rings. The van der Waals surface area contributed by atoms with E-state index >= 15 is 0 Å². The first-order valence-electron chi connectivity index (χ1n) is 3.37. The summed E-state index contributed by atoms with van der Waals surface area (Å²) in [6.45, 7) is 4.08. The third kappa shape index (κ3) is 4.90. The van der Waals surface area contributed by atoms with E-state index in [0.717, 1.165) is 6.42 Å². The van der Waals surface area contributed by atoms with E-state index in [1.54, 1.807) is 0 Å². The fraction of sp³-hybridized carbons (Fsp3) is 1.00. The minimum atomic E-state index is -2.10. The average Bonchev–Trinajstić information content (AvgIpc) is 1.82. The predicted molar refractivity (Wildman–Crippen MR) is 41.0 cm³/mol. The quantitative estimate of drug-likeness (QED) is 0.618. The van der Waals surface area contributed by atoms with Gasteiger partial charge in [0.25, 0.3) is 0 Å². The molecular formula is C6H14NO2S-. The Bertz CT molecular complexity index is 116. The Balaban J connectivity index is 3.40. The average molecular weight is 164 g/mol. The molecule has 4 heteroatoms. The van der Waals surface area contributed by atoms with Crippen LogP contribution in [0.1, 0.15) is 26.7 Å². The maximum absolute atomic E-state index is 10.2. The summed E-state index contributed by atoms with van der Waals surface area (Å²) in [4.78, 5) is 0. The van der Waals surface area contributed by atoms with Crippen molar-refractivity contribution in [1.29, 1.82) is 0 Å². The van der Waals surface area contributed by atoms with Crippen molar-refractivity contribution in [2.75, 3.05) is 0 Å². The standard InChI is InChI=1S/C6H15NO2S/c1-5(2)3-4-6(7)10(8)9/h5-6H,3-4,7H2,1-2H3,(H,8,9)/p-1. The van der Waals surface area contributed by atoms with Gasteiger partial charge in [-0.25, -0.2) is 0 Å². The Kier molecular flexibility index (Phi) is 4.85. The molecule has 0 radical (unpaired) electrons. The molecular weight excluding hydrogens is 150 g/mol. The topological polar surface area (TPSA) is 66.2 Å². The van der Waals surface area contributed by atoms with Gasteiger partial charge < -0.3 is 10.3 Å². The first kappa shape index (κ1) is 10.1. The molecule has 0 rings (SSSR count). The van der Waals surface area contributed by atoms with Crippen molar-refractivity contribution in [2.24, 2.45) is 11.7 Å². The van der Waals surface area contributed by atoms with Gasteiger partial charge in [0.05, 0.1) is 5.37 Å². The van der Waals surface area contributed by atoms with E-state index in [1.807, 2.05) is 13.8 Å². The first-order valence-corrected chi connectivity index (χ1v) is 4.51. The summed E-state index contributed by atoms with van der Waals surface area (Å²) in [6.07, 6.45) is 1.43. The largest absolute Gasteiger partial charge is 0.771 e. The molecule has 10 heavy (non-hydrogen) atoms. The van der Waals surface area contributed by atoms with E-state index in [2.05, 4.69) is 0 Å². The zero-order valence-electron chi connectivity index (χ0n) is 6.37. The molecule has 0 aromatic heterocycles. The normalized spacial score (nSPS) is 17.3. The fourth-order valence-electron chi connectivity index (χ4n) is 0.594. The van der Waals surface area contributed by atoms with Crippen LogP contribution >= 0.6 is 0 Å². The van der Waals surface area contributed by atoms with Gasteiger partial charge in [0.2, 0.25) is 0 Å². The maximum Gasteiger partial charge on any atom is 0.0676 e. The van der Waals surface area contributed by atoms with Crippen LogP contribution in [0.2, 0.25) is 0 Å². The molecule has 2 atom stereocenters. The molecule has 2 N–H and O–H groups in total. The second-order valence-electron chi connectivity index (χ2n) is 2.77. The van der Waals surface area contributed by atoms with Gasteiger partial charge in [-0.2, -0.15) is 0 Å². The third-order valence-corrected chi connectivity index (χ3v) is 2.01. The van der Waals surface area contributed by atoms with Gasteiger partial charge in [-0.3, -0.25) is 4.21 Å². The minimum absolute atomic E-state index is 0.523. The van der Waals surface area contributed by atoms with Gasteiger partial charge in [-0.15, -0.1) is 0 Å². The van der Waals surface area contributed by atoms with Crippen LogP contribution in [0.3, 0.4) is 0 Å². The van der Waals surface area contributed by atoms with Crippen LogP contribution in [0.4, 0.5) is 0 Å². The smallest absolute Gasteiger partial charge is 0.0676 e. The molecule has 0 aliphatic carbocycles. The molecule has 0 spiro atoms. The lowest BCUT2D eigenvalue weighted by atomic mass is 10.1. The van der Waals surface area contributed by atoms with Gasteiger partial charge >= 0.3 is 0 Å². The second-order valence-corrected chi connectivity index (χ2v) is 3.90. The molecule has 0 saturated carbocycles. The lowest BCUT2D eigenvalue weighted by Gasteiger charge is -2.15. The van der Waals surface area contributed by atoms with Crippen molar-refractivity contribution in [2.45, 2.75) is 32.1 Å². The van der Waals surface area contributed by atoms with Crippen molar-refractivity contribution < 1.29 is 8.76 Å². The molecule has 0 heterocycles. The molecule has 2 unspecified atom stereocenters. The predicted octanol–water partition coefficient (Wildman–Crippen LogP) is 0.587. The Morgan fingerprint density at radius 3 is 2.30 bits per heavy atom. The van der Waals surface area contributed by atoms with Crippen LogP contribution in [0.25, 0.3) is 0 Å². The maximum atomic E-state index is 10.2. The van der Waals surface area contributed by atoms with E-state index in [0.29, 0.717) is 12.3 Å². The van der Waals surface area contributed by atoms with Crippen molar-refractivity contribution >= 4 is 11.1 Å². The van der Waals surface area contributed by atoms with Crippen molar-refractivity contribution in [3.05, 3.63) is 0 Å². The Labute approximate surface area is 64.3 Å². The van der Waals surface area contributed by atoms with E-state index in [1.165, 1.54) is 0 Å². The monoisotopic (exact) mass is 164 g/mol. The van der Waals surface area contributed by atoms with Crippen LogP contribution in [0, 0.1) is 5.92 Å². The molecule has 0 amide bonds. The Morgan fingerprint density at radius 2 is 2.00 bits per heavy atom. The van der Waals surface area contributed by atoms with Crippen molar-refractivity contribution in [1.82, 2.24) is 0 Å². The molecule has 0 aromatic carbocycles. The van der Waals surface area contributed by atoms with E-state index in [4.69, 9.17) is 5.73 Å². The number of nitrogens with two attached hydrogens (primary N) is 1. The number of rotatable bonds is 4. The van der Waals surface area contributed by atoms with Crippen LogP contribution in [0.15, 0.2) is 0 Å². The molecule has 3 nitrogen and oxygen atoms in total. The first-order chi connectivity index (χ1) is 4.54. The highest BCUT2D eigenvalue weighted by Crippen LogP contribution is 2.06. The van der Waals surface area contributed by atoms with Crippen LogP contribution in [-0.4, -0.2) is 14.1 Å². The second kappa shape index (κ2) is 4.82. The van der Waals surface area contributed by atoms with E-state index < -0.39 is 16.5 Å². The molecule has 0 aliphatic heterocycles. The number of hydrogen-bond acceptors (Lipinski definition) is 3. The van der Waals surface area contributed by atoms with Gasteiger partial charge in [0.15, 0.2) is 0 Å². The van der Waals surface area contributed by atoms with Crippen LogP contribution in [-0.2, 0) is 11.1 Å². The molecule has 0 aromatic rings. The van der Waals surface area contributed by atoms with Crippen molar-refractivity contribution in [3.8, 4) is 0 Å². The van der Waals surface area contributed by atoms with Gasteiger partial charge in [-0.1, -0.05) is 13.8 Å². The SMILES string of the molecule is CC(C)CCC(N)S(=O)[O-]. The molecule has 0 bridgehead atoms. The van der Waals surface area contributed by atoms with Gasteiger partial charge in [0.1, 0.15) is 0 Å². The van der Waals surface area contributed by atoms with E-state index in [-0.39, 0.29) is 0 Å². The Hall–Kier alpha value is 0.0700. The summed E-state index contributed by atoms with van der Waals surface area (Å²) in [5.74, 6) is 0.523. The zero-order chi connectivity index (χ0) is 8.15. The highest BCUT2D eigenvalue weighted by Gasteiger charge is 2.02. The van der Waals surface area contributed by atoms with Crippen LogP contribution < -0.4 is 5.73 Å². The summed E-state index contributed by atoms with van der Waals surface area (Å²) in [5, 5.41) is -0.678. The molecule has 62 valence electrons. The molecule has 0 saturated heterocycles. The third-order valence-electron chi connectivity index (χ3n) is 1.28. The van der Waals surface area contributed by atoms with Crippen molar-refractivity contribution in [3.63, 3.8) is 0 Å². The summed E-state index contributed by atoms with van der Waals surface area (Å²) in [5.41, 5.74) is 5.25. The number of hydrogen-bond donors (Lipinski definition) is 1. The minimum Gasteiger partial charge on any atom is -0.771 e. The fourth-order valence-corrected chi connectivity index (χ4v) is 0.922. The summed E-state index contributed by atoms with van der Waals surface area (Å²) < 4.78 is 20.4. The highest BCUT2D eigenvalue weighted by atomic mass is 32.2. The lowest BCUT2D eigenvalue weighted by Crippen LogP contribution is -2.25. The molecule has 0 aliphatic rings. The summed E-state index contributed by atoms with van der Waals surface area (Å²) in [6, 6.07) is 0. The van der Waals surface area contributed by atoms with Gasteiger partial charge in [0, 0.05) is 0 Å². The lowest BCUT2D eigenvalue weighted by molar-refractivity contribution is 0.495. The highest BCUT2D eigenvalue weighted by molar-refractivity contribution is 7.79. The summed E-state index contributed by atoms with van der Waals surface area (Å²) in [7, 11) is 0.